The van der Waals surface area contributed by atoms with Gasteiger partial charge in [0.2, 0.25) is 5.91 Å². The summed E-state index contributed by atoms with van der Waals surface area (Å²) in [6, 6.07) is 3.28. The van der Waals surface area contributed by atoms with Crippen molar-refractivity contribution in [2.45, 2.75) is 63.6 Å². The summed E-state index contributed by atoms with van der Waals surface area (Å²) < 4.78 is 5.48. The van der Waals surface area contributed by atoms with E-state index in [0.717, 1.165) is 50.1 Å². The molecule has 2 unspecified atom stereocenters. The molecule has 1 aromatic heterocycles. The molecule has 1 spiro atoms. The van der Waals surface area contributed by atoms with Crippen molar-refractivity contribution in [2.75, 3.05) is 26.7 Å². The Labute approximate surface area is 177 Å². The lowest BCUT2D eigenvalue weighted by Gasteiger charge is -2.38. The maximum atomic E-state index is 13.3. The molecule has 0 bridgehead atoms. The Morgan fingerprint density at radius 3 is 2.70 bits per heavy atom. The lowest BCUT2D eigenvalue weighted by molar-refractivity contribution is -0.142. The predicted molar refractivity (Wildman–Crippen MR) is 110 cm³/mol. The Bertz CT molecular complexity index is 787. The lowest BCUT2D eigenvalue weighted by Crippen LogP contribution is -2.54. The first-order valence-electron chi connectivity index (χ1n) is 11.1. The van der Waals surface area contributed by atoms with E-state index >= 15 is 0 Å². The number of nitrogens with one attached hydrogen (secondary N) is 1. The first-order valence-corrected chi connectivity index (χ1v) is 11.1. The third kappa shape index (κ3) is 3.85. The zero-order chi connectivity index (χ0) is 21.3. The normalized spacial score (nSPS) is 28.2. The Morgan fingerprint density at radius 2 is 2.03 bits per heavy atom. The molecule has 2 atom stereocenters. The summed E-state index contributed by atoms with van der Waals surface area (Å²) in [6.45, 7) is 3.98. The van der Waals surface area contributed by atoms with Crippen LogP contribution < -0.4 is 5.32 Å². The van der Waals surface area contributed by atoms with Crippen LogP contribution in [-0.4, -0.2) is 70.8 Å². The van der Waals surface area contributed by atoms with E-state index in [4.69, 9.17) is 4.42 Å². The van der Waals surface area contributed by atoms with Crippen LogP contribution in [0.2, 0.25) is 0 Å². The first kappa shape index (κ1) is 20.9. The average molecular weight is 417 g/mol. The molecule has 30 heavy (non-hydrogen) atoms. The molecule has 3 aliphatic rings. The molecule has 3 fully saturated rings. The quantitative estimate of drug-likeness (QED) is 0.744. The van der Waals surface area contributed by atoms with Gasteiger partial charge in [-0.15, -0.1) is 0 Å². The summed E-state index contributed by atoms with van der Waals surface area (Å²) in [4.78, 5) is 44.5. The number of imide groups is 1. The van der Waals surface area contributed by atoms with Gasteiger partial charge in [-0.05, 0) is 63.9 Å². The Morgan fingerprint density at radius 1 is 1.27 bits per heavy atom. The number of amides is 4. The Kier molecular flexibility index (Phi) is 5.86. The van der Waals surface area contributed by atoms with Crippen molar-refractivity contribution in [2.24, 2.45) is 5.92 Å². The molecular formula is C22H32N4O4. The molecule has 0 aromatic carbocycles. The SMILES string of the molecule is CC1CCCCC12NC(=O)N(CC(=O)N(Cc1ccco1)C1CCN(C)CC1)C2=O. The van der Waals surface area contributed by atoms with Crippen molar-refractivity contribution in [1.29, 1.82) is 0 Å². The van der Waals surface area contributed by atoms with Crippen LogP contribution in [0.15, 0.2) is 22.8 Å². The van der Waals surface area contributed by atoms with Gasteiger partial charge in [0.1, 0.15) is 17.8 Å². The van der Waals surface area contributed by atoms with E-state index in [0.29, 0.717) is 18.7 Å². The van der Waals surface area contributed by atoms with Crippen molar-refractivity contribution in [3.05, 3.63) is 24.2 Å². The molecule has 164 valence electrons. The van der Waals surface area contributed by atoms with E-state index < -0.39 is 11.6 Å². The smallest absolute Gasteiger partial charge is 0.325 e. The summed E-state index contributed by atoms with van der Waals surface area (Å²) in [5, 5.41) is 2.94. The van der Waals surface area contributed by atoms with Crippen LogP contribution in [-0.2, 0) is 16.1 Å². The molecule has 2 aliphatic heterocycles. The van der Waals surface area contributed by atoms with Crippen molar-refractivity contribution in [3.63, 3.8) is 0 Å². The van der Waals surface area contributed by atoms with E-state index in [1.165, 1.54) is 0 Å². The van der Waals surface area contributed by atoms with Crippen LogP contribution in [0.1, 0.15) is 51.2 Å². The monoisotopic (exact) mass is 416 g/mol. The minimum Gasteiger partial charge on any atom is -0.467 e. The number of urea groups is 1. The number of furan rings is 1. The molecule has 4 rings (SSSR count). The van der Waals surface area contributed by atoms with Gasteiger partial charge >= 0.3 is 6.03 Å². The summed E-state index contributed by atoms with van der Waals surface area (Å²) >= 11 is 0. The molecule has 4 amide bonds. The molecule has 0 radical (unpaired) electrons. The zero-order valence-corrected chi connectivity index (χ0v) is 17.9. The largest absolute Gasteiger partial charge is 0.467 e. The third-order valence-electron chi connectivity index (χ3n) is 7.15. The number of likely N-dealkylation sites (tertiary alicyclic amines) is 1. The molecular weight excluding hydrogens is 384 g/mol. The average Bonchev–Trinajstić information content (AvgIpc) is 3.32. The van der Waals surface area contributed by atoms with Crippen LogP contribution in [0.25, 0.3) is 0 Å². The second-order valence-electron chi connectivity index (χ2n) is 9.08. The highest BCUT2D eigenvalue weighted by atomic mass is 16.3. The number of hydrogen-bond acceptors (Lipinski definition) is 5. The molecule has 8 nitrogen and oxygen atoms in total. The van der Waals surface area contributed by atoms with Crippen molar-refractivity contribution in [1.82, 2.24) is 20.0 Å². The number of carbonyl (C=O) groups is 3. The highest BCUT2D eigenvalue weighted by Crippen LogP contribution is 2.38. The number of carbonyl (C=O) groups excluding carboxylic acids is 3. The standard InChI is InChI=1S/C22H32N4O4/c1-16-6-3-4-10-22(16)20(28)26(21(29)23-22)15-19(27)25(14-18-7-5-13-30-18)17-8-11-24(2)12-9-17/h5,7,13,16-17H,3-4,6,8-12,14-15H2,1-2H3,(H,23,29). The van der Waals surface area contributed by atoms with E-state index in [1.54, 1.807) is 17.2 Å². The highest BCUT2D eigenvalue weighted by Gasteiger charge is 2.55. The van der Waals surface area contributed by atoms with Gasteiger partial charge in [-0.25, -0.2) is 4.79 Å². The minimum absolute atomic E-state index is 0.0714. The second kappa shape index (κ2) is 8.41. The fourth-order valence-corrected chi connectivity index (χ4v) is 5.16. The molecule has 1 saturated carbocycles. The van der Waals surface area contributed by atoms with E-state index in [-0.39, 0.29) is 30.3 Å². The van der Waals surface area contributed by atoms with Gasteiger partial charge in [0, 0.05) is 6.04 Å². The number of rotatable bonds is 5. The second-order valence-corrected chi connectivity index (χ2v) is 9.08. The molecule has 1 aromatic rings. The van der Waals surface area contributed by atoms with Gasteiger partial charge in [0.15, 0.2) is 0 Å². The maximum absolute atomic E-state index is 13.3. The Balaban J connectivity index is 1.50. The Hall–Kier alpha value is -2.35. The van der Waals surface area contributed by atoms with Crippen molar-refractivity contribution in [3.8, 4) is 0 Å². The molecule has 2 saturated heterocycles. The lowest BCUT2D eigenvalue weighted by atomic mass is 9.73. The summed E-state index contributed by atoms with van der Waals surface area (Å²) in [5.74, 6) is 0.340. The van der Waals surface area contributed by atoms with Gasteiger partial charge in [-0.3, -0.25) is 14.5 Å². The van der Waals surface area contributed by atoms with Gasteiger partial charge in [0.25, 0.3) is 5.91 Å². The van der Waals surface area contributed by atoms with Crippen molar-refractivity contribution < 1.29 is 18.8 Å². The molecule has 1 N–H and O–H groups in total. The van der Waals surface area contributed by atoms with Gasteiger partial charge in [-0.2, -0.15) is 0 Å². The van der Waals surface area contributed by atoms with Crippen LogP contribution in [0.3, 0.4) is 0 Å². The highest BCUT2D eigenvalue weighted by molar-refractivity contribution is 6.09. The van der Waals surface area contributed by atoms with Crippen molar-refractivity contribution >= 4 is 17.8 Å². The van der Waals surface area contributed by atoms with Crippen LogP contribution >= 0.6 is 0 Å². The van der Waals surface area contributed by atoms with E-state index in [2.05, 4.69) is 17.3 Å². The number of piperidine rings is 1. The third-order valence-corrected chi connectivity index (χ3v) is 7.15. The summed E-state index contributed by atoms with van der Waals surface area (Å²) in [5.41, 5.74) is -0.838. The number of hydrogen-bond donors (Lipinski definition) is 1. The summed E-state index contributed by atoms with van der Waals surface area (Å²) in [6.07, 6.45) is 6.87. The minimum atomic E-state index is -0.838. The zero-order valence-electron chi connectivity index (χ0n) is 17.9. The van der Waals surface area contributed by atoms with Crippen LogP contribution in [0.5, 0.6) is 0 Å². The van der Waals surface area contributed by atoms with Crippen LogP contribution in [0, 0.1) is 5.92 Å². The summed E-state index contributed by atoms with van der Waals surface area (Å²) in [7, 11) is 2.08. The van der Waals surface area contributed by atoms with Gasteiger partial charge in [-0.1, -0.05) is 19.8 Å². The topological polar surface area (TPSA) is 86.1 Å². The van der Waals surface area contributed by atoms with Gasteiger partial charge in [0.05, 0.1) is 12.8 Å². The molecule has 1 aliphatic carbocycles. The fraction of sp³-hybridized carbons (Fsp3) is 0.682. The fourth-order valence-electron chi connectivity index (χ4n) is 5.16. The number of nitrogens with zero attached hydrogens (tertiary/aromatic N) is 3. The molecule has 8 heteroatoms. The maximum Gasteiger partial charge on any atom is 0.325 e. The van der Waals surface area contributed by atoms with Crippen LogP contribution in [0.4, 0.5) is 4.79 Å². The first-order chi connectivity index (χ1) is 14.4. The van der Waals surface area contributed by atoms with E-state index in [9.17, 15) is 14.4 Å². The molecule has 3 heterocycles. The predicted octanol–water partition coefficient (Wildman–Crippen LogP) is 2.20. The van der Waals surface area contributed by atoms with E-state index in [1.807, 2.05) is 13.0 Å². The van der Waals surface area contributed by atoms with Gasteiger partial charge < -0.3 is 19.5 Å².